The Balaban J connectivity index is 2.40. The SMILES string of the molecule is COc1ccc(CNCCN(C)C)cc1Br. The van der Waals surface area contributed by atoms with Gasteiger partial charge in [-0.15, -0.1) is 0 Å². The maximum Gasteiger partial charge on any atom is 0.133 e. The summed E-state index contributed by atoms with van der Waals surface area (Å²) in [5.41, 5.74) is 1.26. The van der Waals surface area contributed by atoms with Crippen molar-refractivity contribution in [2.45, 2.75) is 6.54 Å². The fraction of sp³-hybridized carbons (Fsp3) is 0.500. The predicted molar refractivity (Wildman–Crippen MR) is 71.0 cm³/mol. The second kappa shape index (κ2) is 6.89. The van der Waals surface area contributed by atoms with Gasteiger partial charge in [-0.1, -0.05) is 6.07 Å². The molecule has 16 heavy (non-hydrogen) atoms. The lowest BCUT2D eigenvalue weighted by Gasteiger charge is -2.11. The molecule has 1 aromatic rings. The van der Waals surface area contributed by atoms with Crippen molar-refractivity contribution in [2.24, 2.45) is 0 Å². The summed E-state index contributed by atoms with van der Waals surface area (Å²) in [4.78, 5) is 2.16. The van der Waals surface area contributed by atoms with E-state index in [-0.39, 0.29) is 0 Å². The van der Waals surface area contributed by atoms with Gasteiger partial charge in [-0.25, -0.2) is 0 Å². The summed E-state index contributed by atoms with van der Waals surface area (Å²) in [7, 11) is 5.83. The lowest BCUT2D eigenvalue weighted by molar-refractivity contribution is 0.399. The van der Waals surface area contributed by atoms with E-state index in [1.54, 1.807) is 7.11 Å². The summed E-state index contributed by atoms with van der Waals surface area (Å²) < 4.78 is 6.18. The minimum Gasteiger partial charge on any atom is -0.496 e. The Hall–Kier alpha value is -0.580. The largest absolute Gasteiger partial charge is 0.496 e. The van der Waals surface area contributed by atoms with Crippen molar-refractivity contribution in [1.29, 1.82) is 0 Å². The molecule has 0 radical (unpaired) electrons. The van der Waals surface area contributed by atoms with Gasteiger partial charge in [-0.2, -0.15) is 0 Å². The van der Waals surface area contributed by atoms with Crippen LogP contribution in [0.15, 0.2) is 22.7 Å². The average Bonchev–Trinajstić information content (AvgIpc) is 2.24. The molecule has 0 fully saturated rings. The van der Waals surface area contributed by atoms with Gasteiger partial charge in [0.1, 0.15) is 5.75 Å². The van der Waals surface area contributed by atoms with Crippen molar-refractivity contribution in [2.75, 3.05) is 34.3 Å². The number of halogens is 1. The first-order valence-electron chi connectivity index (χ1n) is 5.31. The number of nitrogens with zero attached hydrogens (tertiary/aromatic N) is 1. The summed E-state index contributed by atoms with van der Waals surface area (Å²) in [6, 6.07) is 6.14. The van der Waals surface area contributed by atoms with Crippen LogP contribution in [0.4, 0.5) is 0 Å². The second-order valence-electron chi connectivity index (χ2n) is 3.95. The lowest BCUT2D eigenvalue weighted by atomic mass is 10.2. The molecule has 1 aromatic carbocycles. The average molecular weight is 287 g/mol. The van der Waals surface area contributed by atoms with Gasteiger partial charge in [-0.05, 0) is 47.7 Å². The molecule has 0 amide bonds. The van der Waals surface area contributed by atoms with Crippen molar-refractivity contribution < 1.29 is 4.74 Å². The summed E-state index contributed by atoms with van der Waals surface area (Å²) >= 11 is 3.48. The zero-order chi connectivity index (χ0) is 12.0. The van der Waals surface area contributed by atoms with Crippen LogP contribution in [0.25, 0.3) is 0 Å². The fourth-order valence-corrected chi connectivity index (χ4v) is 1.94. The van der Waals surface area contributed by atoms with E-state index in [9.17, 15) is 0 Å². The summed E-state index contributed by atoms with van der Waals surface area (Å²) in [5, 5.41) is 3.39. The van der Waals surface area contributed by atoms with Crippen LogP contribution in [-0.4, -0.2) is 39.2 Å². The molecule has 0 aromatic heterocycles. The van der Waals surface area contributed by atoms with Gasteiger partial charge < -0.3 is 15.0 Å². The van der Waals surface area contributed by atoms with Gasteiger partial charge in [0.25, 0.3) is 0 Å². The number of hydrogen-bond donors (Lipinski definition) is 1. The quantitative estimate of drug-likeness (QED) is 0.811. The van der Waals surface area contributed by atoms with Crippen LogP contribution in [0.2, 0.25) is 0 Å². The summed E-state index contributed by atoms with van der Waals surface area (Å²) in [6.45, 7) is 2.93. The van der Waals surface area contributed by atoms with E-state index in [0.29, 0.717) is 0 Å². The van der Waals surface area contributed by atoms with Gasteiger partial charge in [0, 0.05) is 19.6 Å². The van der Waals surface area contributed by atoms with Crippen molar-refractivity contribution >= 4 is 15.9 Å². The molecule has 0 unspecified atom stereocenters. The first kappa shape index (κ1) is 13.5. The number of ether oxygens (including phenoxy) is 1. The van der Waals surface area contributed by atoms with Crippen LogP contribution < -0.4 is 10.1 Å². The van der Waals surface area contributed by atoms with Crippen molar-refractivity contribution in [3.8, 4) is 5.75 Å². The Morgan fingerprint density at radius 1 is 1.38 bits per heavy atom. The zero-order valence-corrected chi connectivity index (χ0v) is 11.7. The van der Waals surface area contributed by atoms with Gasteiger partial charge in [0.2, 0.25) is 0 Å². The highest BCUT2D eigenvalue weighted by Gasteiger charge is 2.00. The van der Waals surface area contributed by atoms with E-state index in [0.717, 1.165) is 29.9 Å². The van der Waals surface area contributed by atoms with Crippen LogP contribution >= 0.6 is 15.9 Å². The van der Waals surface area contributed by atoms with Crippen LogP contribution in [0.3, 0.4) is 0 Å². The first-order chi connectivity index (χ1) is 7.63. The molecule has 1 rings (SSSR count). The minimum absolute atomic E-state index is 0.872. The number of hydrogen-bond acceptors (Lipinski definition) is 3. The standard InChI is InChI=1S/C12H19BrN2O/c1-15(2)7-6-14-9-10-4-5-12(16-3)11(13)8-10/h4-5,8,14H,6-7,9H2,1-3H3. The molecule has 0 aliphatic heterocycles. The third-order valence-corrected chi connectivity index (χ3v) is 2.90. The zero-order valence-electron chi connectivity index (χ0n) is 10.1. The Kier molecular flexibility index (Phi) is 5.80. The third-order valence-electron chi connectivity index (χ3n) is 2.28. The first-order valence-corrected chi connectivity index (χ1v) is 6.10. The van der Waals surface area contributed by atoms with Gasteiger partial charge in [-0.3, -0.25) is 0 Å². The van der Waals surface area contributed by atoms with Crippen LogP contribution in [0.1, 0.15) is 5.56 Å². The van der Waals surface area contributed by atoms with Gasteiger partial charge in [0.05, 0.1) is 11.6 Å². The molecule has 90 valence electrons. The van der Waals surface area contributed by atoms with E-state index < -0.39 is 0 Å². The molecule has 1 N–H and O–H groups in total. The van der Waals surface area contributed by atoms with E-state index in [4.69, 9.17) is 4.74 Å². The molecule has 0 spiro atoms. The van der Waals surface area contributed by atoms with Crippen molar-refractivity contribution in [1.82, 2.24) is 10.2 Å². The Labute approximate surface area is 106 Å². The maximum absolute atomic E-state index is 5.18. The number of rotatable bonds is 6. The minimum atomic E-state index is 0.872. The highest BCUT2D eigenvalue weighted by Crippen LogP contribution is 2.25. The van der Waals surface area contributed by atoms with Crippen LogP contribution in [-0.2, 0) is 6.54 Å². The van der Waals surface area contributed by atoms with E-state index in [1.807, 2.05) is 6.07 Å². The molecular formula is C12H19BrN2O. The molecule has 0 atom stereocenters. The molecule has 3 nitrogen and oxygen atoms in total. The van der Waals surface area contributed by atoms with E-state index >= 15 is 0 Å². The predicted octanol–water partition coefficient (Wildman–Crippen LogP) is 2.11. The molecule has 0 aliphatic carbocycles. The summed E-state index contributed by atoms with van der Waals surface area (Å²) in [6.07, 6.45) is 0. The molecule has 0 saturated carbocycles. The number of benzene rings is 1. The number of nitrogens with one attached hydrogen (secondary N) is 1. The topological polar surface area (TPSA) is 24.5 Å². The number of methoxy groups -OCH3 is 1. The van der Waals surface area contributed by atoms with E-state index in [2.05, 4.69) is 52.4 Å². The molecule has 0 saturated heterocycles. The molecule has 0 bridgehead atoms. The molecule has 4 heteroatoms. The van der Waals surface area contributed by atoms with E-state index in [1.165, 1.54) is 5.56 Å². The Morgan fingerprint density at radius 3 is 2.69 bits per heavy atom. The second-order valence-corrected chi connectivity index (χ2v) is 4.80. The molecule has 0 aliphatic rings. The smallest absolute Gasteiger partial charge is 0.133 e. The Morgan fingerprint density at radius 2 is 2.12 bits per heavy atom. The molecule has 0 heterocycles. The third kappa shape index (κ3) is 4.51. The maximum atomic E-state index is 5.18. The highest BCUT2D eigenvalue weighted by atomic mass is 79.9. The van der Waals surface area contributed by atoms with Crippen molar-refractivity contribution in [3.05, 3.63) is 28.2 Å². The van der Waals surface area contributed by atoms with Crippen LogP contribution in [0.5, 0.6) is 5.75 Å². The van der Waals surface area contributed by atoms with Gasteiger partial charge >= 0.3 is 0 Å². The fourth-order valence-electron chi connectivity index (χ4n) is 1.36. The molecular weight excluding hydrogens is 268 g/mol. The monoisotopic (exact) mass is 286 g/mol. The summed E-state index contributed by atoms with van der Waals surface area (Å²) in [5.74, 6) is 0.872. The van der Waals surface area contributed by atoms with Gasteiger partial charge in [0.15, 0.2) is 0 Å². The lowest BCUT2D eigenvalue weighted by Crippen LogP contribution is -2.26. The van der Waals surface area contributed by atoms with Crippen LogP contribution in [0, 0.1) is 0 Å². The number of likely N-dealkylation sites (N-methyl/N-ethyl adjacent to an activating group) is 1. The Bertz CT molecular complexity index is 329. The highest BCUT2D eigenvalue weighted by molar-refractivity contribution is 9.10. The normalized spacial score (nSPS) is 10.8. The van der Waals surface area contributed by atoms with Crippen molar-refractivity contribution in [3.63, 3.8) is 0 Å².